The molecule has 1 aromatic rings. The Hall–Kier alpha value is -0.830. The Bertz CT molecular complexity index is 324. The van der Waals surface area contributed by atoms with Gasteiger partial charge in [-0.1, -0.05) is 6.92 Å². The molecule has 0 unspecified atom stereocenters. The van der Waals surface area contributed by atoms with Crippen LogP contribution in [0.2, 0.25) is 0 Å². The lowest BCUT2D eigenvalue weighted by molar-refractivity contribution is 0.284. The molecular weight excluding hydrogens is 208 g/mol. The SMILES string of the molecule is CCOc1ccc(S)c(CC)c1OCC. The Balaban J connectivity index is 3.15. The van der Waals surface area contributed by atoms with Gasteiger partial charge >= 0.3 is 0 Å². The molecule has 0 saturated carbocycles. The Morgan fingerprint density at radius 2 is 1.73 bits per heavy atom. The summed E-state index contributed by atoms with van der Waals surface area (Å²) in [6.07, 6.45) is 0.898. The van der Waals surface area contributed by atoms with E-state index in [0.717, 1.165) is 28.4 Å². The number of hydrogen-bond donors (Lipinski definition) is 1. The highest BCUT2D eigenvalue weighted by atomic mass is 32.1. The van der Waals surface area contributed by atoms with Gasteiger partial charge in [0.25, 0.3) is 0 Å². The maximum atomic E-state index is 5.62. The number of thiol groups is 1. The summed E-state index contributed by atoms with van der Waals surface area (Å²) in [5.41, 5.74) is 1.12. The number of hydrogen-bond acceptors (Lipinski definition) is 3. The number of benzene rings is 1. The highest BCUT2D eigenvalue weighted by molar-refractivity contribution is 7.80. The third kappa shape index (κ3) is 2.81. The van der Waals surface area contributed by atoms with E-state index in [1.165, 1.54) is 0 Å². The molecule has 1 aromatic carbocycles. The van der Waals surface area contributed by atoms with E-state index in [9.17, 15) is 0 Å². The van der Waals surface area contributed by atoms with Crippen LogP contribution in [0.15, 0.2) is 17.0 Å². The van der Waals surface area contributed by atoms with Crippen LogP contribution in [0.3, 0.4) is 0 Å². The lowest BCUT2D eigenvalue weighted by Crippen LogP contribution is -2.02. The zero-order valence-electron chi connectivity index (χ0n) is 9.54. The summed E-state index contributed by atoms with van der Waals surface area (Å²) in [5, 5.41) is 0. The predicted molar refractivity (Wildman–Crippen MR) is 65.4 cm³/mol. The summed E-state index contributed by atoms with van der Waals surface area (Å²) in [4.78, 5) is 0.962. The Kier molecular flexibility index (Phi) is 4.82. The fourth-order valence-corrected chi connectivity index (χ4v) is 1.84. The summed E-state index contributed by atoms with van der Waals surface area (Å²) in [6.45, 7) is 7.32. The van der Waals surface area contributed by atoms with Gasteiger partial charge in [-0.3, -0.25) is 0 Å². The Labute approximate surface area is 97.0 Å². The molecule has 2 nitrogen and oxygen atoms in total. The molecule has 0 spiro atoms. The van der Waals surface area contributed by atoms with Gasteiger partial charge < -0.3 is 9.47 Å². The molecule has 1 rings (SSSR count). The third-order valence-electron chi connectivity index (χ3n) is 2.14. The summed E-state index contributed by atoms with van der Waals surface area (Å²) in [7, 11) is 0. The van der Waals surface area contributed by atoms with E-state index in [4.69, 9.17) is 9.47 Å². The van der Waals surface area contributed by atoms with Crippen molar-refractivity contribution in [3.63, 3.8) is 0 Å². The van der Waals surface area contributed by atoms with Gasteiger partial charge in [-0.2, -0.15) is 0 Å². The number of rotatable bonds is 5. The second-order valence-corrected chi connectivity index (χ2v) is 3.59. The minimum atomic E-state index is 0.643. The van der Waals surface area contributed by atoms with Crippen LogP contribution >= 0.6 is 12.6 Å². The van der Waals surface area contributed by atoms with Crippen LogP contribution in [0.4, 0.5) is 0 Å². The average Bonchev–Trinajstić information content (AvgIpc) is 2.23. The van der Waals surface area contributed by atoms with Gasteiger partial charge in [-0.15, -0.1) is 12.6 Å². The standard InChI is InChI=1S/C12H18O2S/c1-4-9-11(15)8-7-10(13-5-2)12(9)14-6-3/h7-8,15H,4-6H2,1-3H3. The molecule has 84 valence electrons. The number of ether oxygens (including phenoxy) is 2. The van der Waals surface area contributed by atoms with Crippen molar-refractivity contribution >= 4 is 12.6 Å². The molecule has 15 heavy (non-hydrogen) atoms. The lowest BCUT2D eigenvalue weighted by atomic mass is 10.1. The van der Waals surface area contributed by atoms with Crippen molar-refractivity contribution in [2.45, 2.75) is 32.1 Å². The molecule has 0 heterocycles. The molecule has 0 N–H and O–H groups in total. The second kappa shape index (κ2) is 5.91. The van der Waals surface area contributed by atoms with Gasteiger partial charge in [-0.25, -0.2) is 0 Å². The summed E-state index contributed by atoms with van der Waals surface area (Å²) in [6, 6.07) is 3.87. The Morgan fingerprint density at radius 1 is 1.07 bits per heavy atom. The quantitative estimate of drug-likeness (QED) is 0.776. The van der Waals surface area contributed by atoms with Gasteiger partial charge in [-0.05, 0) is 32.4 Å². The van der Waals surface area contributed by atoms with E-state index in [1.807, 2.05) is 26.0 Å². The fraction of sp³-hybridized carbons (Fsp3) is 0.500. The first-order valence-electron chi connectivity index (χ1n) is 5.34. The predicted octanol–water partition coefficient (Wildman–Crippen LogP) is 3.34. The molecular formula is C12H18O2S. The van der Waals surface area contributed by atoms with E-state index in [2.05, 4.69) is 19.6 Å². The van der Waals surface area contributed by atoms with E-state index in [-0.39, 0.29) is 0 Å². The zero-order chi connectivity index (χ0) is 11.3. The van der Waals surface area contributed by atoms with Crippen LogP contribution in [0.5, 0.6) is 11.5 Å². The van der Waals surface area contributed by atoms with Gasteiger partial charge in [0.05, 0.1) is 13.2 Å². The van der Waals surface area contributed by atoms with Crippen LogP contribution < -0.4 is 9.47 Å². The molecule has 3 heteroatoms. The molecule has 0 bridgehead atoms. The fourth-order valence-electron chi connectivity index (χ4n) is 1.51. The van der Waals surface area contributed by atoms with Crippen molar-refractivity contribution in [2.75, 3.05) is 13.2 Å². The van der Waals surface area contributed by atoms with E-state index >= 15 is 0 Å². The molecule has 0 amide bonds. The first-order chi connectivity index (χ1) is 7.24. The smallest absolute Gasteiger partial charge is 0.165 e. The van der Waals surface area contributed by atoms with Crippen molar-refractivity contribution in [1.29, 1.82) is 0 Å². The lowest BCUT2D eigenvalue weighted by Gasteiger charge is -2.15. The van der Waals surface area contributed by atoms with Crippen molar-refractivity contribution < 1.29 is 9.47 Å². The molecule has 0 radical (unpaired) electrons. The summed E-state index contributed by atoms with van der Waals surface area (Å²) >= 11 is 4.42. The average molecular weight is 226 g/mol. The molecule has 0 fully saturated rings. The van der Waals surface area contributed by atoms with Gasteiger partial charge in [0.2, 0.25) is 0 Å². The van der Waals surface area contributed by atoms with Crippen molar-refractivity contribution in [2.24, 2.45) is 0 Å². The summed E-state index contributed by atoms with van der Waals surface area (Å²) < 4.78 is 11.1. The van der Waals surface area contributed by atoms with Crippen LogP contribution in [-0.2, 0) is 6.42 Å². The highest BCUT2D eigenvalue weighted by Crippen LogP contribution is 2.35. The minimum absolute atomic E-state index is 0.643. The van der Waals surface area contributed by atoms with Crippen molar-refractivity contribution in [1.82, 2.24) is 0 Å². The van der Waals surface area contributed by atoms with Crippen LogP contribution in [0.1, 0.15) is 26.3 Å². The highest BCUT2D eigenvalue weighted by Gasteiger charge is 2.12. The van der Waals surface area contributed by atoms with E-state index in [1.54, 1.807) is 0 Å². The normalized spacial score (nSPS) is 10.1. The minimum Gasteiger partial charge on any atom is -0.490 e. The maximum Gasteiger partial charge on any atom is 0.165 e. The molecule has 0 aromatic heterocycles. The largest absolute Gasteiger partial charge is 0.490 e. The monoisotopic (exact) mass is 226 g/mol. The van der Waals surface area contributed by atoms with E-state index in [0.29, 0.717) is 13.2 Å². The van der Waals surface area contributed by atoms with Crippen molar-refractivity contribution in [3.8, 4) is 11.5 Å². The van der Waals surface area contributed by atoms with Gasteiger partial charge in [0, 0.05) is 10.5 Å². The zero-order valence-corrected chi connectivity index (χ0v) is 10.4. The molecule has 0 aliphatic rings. The van der Waals surface area contributed by atoms with E-state index < -0.39 is 0 Å². The molecule has 0 atom stereocenters. The second-order valence-electron chi connectivity index (χ2n) is 3.11. The molecule has 0 aliphatic carbocycles. The first kappa shape index (κ1) is 12.2. The molecule has 0 saturated heterocycles. The van der Waals surface area contributed by atoms with Crippen LogP contribution in [0.25, 0.3) is 0 Å². The van der Waals surface area contributed by atoms with Gasteiger partial charge in [0.1, 0.15) is 0 Å². The third-order valence-corrected chi connectivity index (χ3v) is 2.56. The summed E-state index contributed by atoms with van der Waals surface area (Å²) in [5.74, 6) is 1.66. The first-order valence-corrected chi connectivity index (χ1v) is 5.79. The van der Waals surface area contributed by atoms with Crippen LogP contribution in [-0.4, -0.2) is 13.2 Å². The topological polar surface area (TPSA) is 18.5 Å². The van der Waals surface area contributed by atoms with Crippen LogP contribution in [0, 0.1) is 0 Å². The molecule has 0 aliphatic heterocycles. The van der Waals surface area contributed by atoms with Gasteiger partial charge in [0.15, 0.2) is 11.5 Å². The maximum absolute atomic E-state index is 5.62. The Morgan fingerprint density at radius 3 is 2.27 bits per heavy atom. The van der Waals surface area contributed by atoms with Crippen molar-refractivity contribution in [3.05, 3.63) is 17.7 Å².